The number of ketones is 1. The van der Waals surface area contributed by atoms with Crippen LogP contribution >= 0.6 is 0 Å². The van der Waals surface area contributed by atoms with Gasteiger partial charge in [-0.15, -0.1) is 0 Å². The van der Waals surface area contributed by atoms with Gasteiger partial charge >= 0.3 is 0 Å². The van der Waals surface area contributed by atoms with Crippen molar-refractivity contribution < 1.29 is 4.79 Å². The van der Waals surface area contributed by atoms with Crippen molar-refractivity contribution in [1.29, 1.82) is 0 Å². The molecule has 1 aliphatic rings. The summed E-state index contributed by atoms with van der Waals surface area (Å²) >= 11 is 0. The summed E-state index contributed by atoms with van der Waals surface area (Å²) in [5, 5.41) is 0. The highest BCUT2D eigenvalue weighted by Crippen LogP contribution is 2.37. The van der Waals surface area contributed by atoms with Gasteiger partial charge in [-0.1, -0.05) is 63.8 Å². The monoisotopic (exact) mass is 286 g/mol. The Kier molecular flexibility index (Phi) is 6.48. The van der Waals surface area contributed by atoms with Gasteiger partial charge in [0.05, 0.1) is 0 Å². The summed E-state index contributed by atoms with van der Waals surface area (Å²) in [5.41, 5.74) is 2.31. The van der Waals surface area contributed by atoms with Crippen LogP contribution in [0.1, 0.15) is 93.5 Å². The second-order valence-corrected chi connectivity index (χ2v) is 6.61. The second kappa shape index (κ2) is 8.36. The third-order valence-electron chi connectivity index (χ3n) is 5.09. The zero-order valence-corrected chi connectivity index (χ0v) is 13.7. The highest BCUT2D eigenvalue weighted by atomic mass is 16.1. The molecule has 0 heterocycles. The predicted octanol–water partition coefficient (Wildman–Crippen LogP) is 6.13. The van der Waals surface area contributed by atoms with E-state index in [0.717, 1.165) is 17.4 Å². The van der Waals surface area contributed by atoms with Gasteiger partial charge in [-0.05, 0) is 43.1 Å². The minimum Gasteiger partial charge on any atom is -0.294 e. The van der Waals surface area contributed by atoms with Gasteiger partial charge < -0.3 is 0 Å². The highest BCUT2D eigenvalue weighted by Gasteiger charge is 2.22. The van der Waals surface area contributed by atoms with E-state index in [9.17, 15) is 4.79 Å². The van der Waals surface area contributed by atoms with Gasteiger partial charge in [-0.25, -0.2) is 0 Å². The number of hydrogen-bond donors (Lipinski definition) is 0. The molecule has 116 valence electrons. The second-order valence-electron chi connectivity index (χ2n) is 6.61. The summed E-state index contributed by atoms with van der Waals surface area (Å²) in [4.78, 5) is 11.7. The summed E-state index contributed by atoms with van der Waals surface area (Å²) in [6.45, 7) is 4.21. The van der Waals surface area contributed by atoms with Crippen LogP contribution in [-0.4, -0.2) is 5.78 Å². The smallest absolute Gasteiger partial charge is 0.162 e. The summed E-state index contributed by atoms with van der Waals surface area (Å²) in [6.07, 6.45) is 11.6. The maximum Gasteiger partial charge on any atom is 0.162 e. The molecule has 0 atom stereocenters. The first-order valence-electron chi connectivity index (χ1n) is 8.87. The molecule has 0 bridgehead atoms. The molecule has 0 aromatic heterocycles. The van der Waals surface area contributed by atoms with E-state index in [0.29, 0.717) is 6.42 Å². The quantitative estimate of drug-likeness (QED) is 0.435. The Hall–Kier alpha value is -1.11. The van der Waals surface area contributed by atoms with Crippen molar-refractivity contribution in [1.82, 2.24) is 0 Å². The molecule has 0 aliphatic heterocycles. The van der Waals surface area contributed by atoms with Gasteiger partial charge in [-0.3, -0.25) is 4.79 Å². The first-order chi connectivity index (χ1) is 10.2. The third-order valence-corrected chi connectivity index (χ3v) is 5.09. The van der Waals surface area contributed by atoms with Gasteiger partial charge in [0, 0.05) is 12.0 Å². The number of unbranched alkanes of at least 4 members (excludes halogenated alkanes) is 2. The van der Waals surface area contributed by atoms with Crippen molar-refractivity contribution in [2.75, 3.05) is 0 Å². The Bertz CT molecular complexity index is 424. The lowest BCUT2D eigenvalue weighted by Crippen LogP contribution is -2.13. The van der Waals surface area contributed by atoms with Crippen LogP contribution in [0.15, 0.2) is 24.3 Å². The Balaban J connectivity index is 1.83. The average molecular weight is 286 g/mol. The Morgan fingerprint density at radius 1 is 1.00 bits per heavy atom. The average Bonchev–Trinajstić information content (AvgIpc) is 2.55. The lowest BCUT2D eigenvalue weighted by Gasteiger charge is -2.29. The van der Waals surface area contributed by atoms with Crippen molar-refractivity contribution in [3.05, 3.63) is 35.4 Å². The van der Waals surface area contributed by atoms with E-state index in [4.69, 9.17) is 0 Å². The lowest BCUT2D eigenvalue weighted by atomic mass is 9.77. The van der Waals surface area contributed by atoms with Gasteiger partial charge in [-0.2, -0.15) is 0 Å². The first kappa shape index (κ1) is 16.3. The molecular formula is C20H30O. The van der Waals surface area contributed by atoms with Crippen molar-refractivity contribution >= 4 is 5.78 Å². The van der Waals surface area contributed by atoms with Crippen LogP contribution in [0.3, 0.4) is 0 Å². The number of hydrogen-bond acceptors (Lipinski definition) is 1. The normalized spacial score (nSPS) is 22.2. The van der Waals surface area contributed by atoms with Crippen molar-refractivity contribution in [3.8, 4) is 0 Å². The fourth-order valence-corrected chi connectivity index (χ4v) is 3.61. The van der Waals surface area contributed by atoms with E-state index in [2.05, 4.69) is 19.1 Å². The van der Waals surface area contributed by atoms with E-state index in [-0.39, 0.29) is 5.78 Å². The Labute approximate surface area is 130 Å². The van der Waals surface area contributed by atoms with Crippen molar-refractivity contribution in [2.45, 2.75) is 77.6 Å². The van der Waals surface area contributed by atoms with Crippen LogP contribution in [0.25, 0.3) is 0 Å². The molecular weight excluding hydrogens is 256 g/mol. The molecule has 2 rings (SSSR count). The summed E-state index contributed by atoms with van der Waals surface area (Å²) < 4.78 is 0. The molecule has 1 heteroatoms. The molecule has 0 unspecified atom stereocenters. The highest BCUT2D eigenvalue weighted by molar-refractivity contribution is 5.95. The maximum atomic E-state index is 11.7. The van der Waals surface area contributed by atoms with E-state index in [1.165, 1.54) is 56.9 Å². The van der Waals surface area contributed by atoms with Crippen LogP contribution in [0, 0.1) is 5.92 Å². The predicted molar refractivity (Wildman–Crippen MR) is 89.9 cm³/mol. The largest absolute Gasteiger partial charge is 0.294 e. The molecule has 0 amide bonds. The topological polar surface area (TPSA) is 17.1 Å². The summed E-state index contributed by atoms with van der Waals surface area (Å²) in [7, 11) is 0. The van der Waals surface area contributed by atoms with Crippen LogP contribution in [0.5, 0.6) is 0 Å². The molecule has 1 fully saturated rings. The number of rotatable bonds is 7. The molecule has 1 aliphatic carbocycles. The van der Waals surface area contributed by atoms with E-state index >= 15 is 0 Å². The lowest BCUT2D eigenvalue weighted by molar-refractivity contribution is 0.0988. The molecule has 1 nitrogen and oxygen atoms in total. The zero-order chi connectivity index (χ0) is 15.1. The van der Waals surface area contributed by atoms with Crippen LogP contribution in [-0.2, 0) is 0 Å². The molecule has 1 aromatic carbocycles. The third kappa shape index (κ3) is 4.69. The van der Waals surface area contributed by atoms with Crippen LogP contribution in [0.4, 0.5) is 0 Å². The fourth-order valence-electron chi connectivity index (χ4n) is 3.61. The molecule has 0 spiro atoms. The van der Waals surface area contributed by atoms with Crippen LogP contribution in [0.2, 0.25) is 0 Å². The van der Waals surface area contributed by atoms with Crippen molar-refractivity contribution in [3.63, 3.8) is 0 Å². The van der Waals surface area contributed by atoms with Crippen molar-refractivity contribution in [2.24, 2.45) is 5.92 Å². The first-order valence-corrected chi connectivity index (χ1v) is 8.87. The zero-order valence-electron chi connectivity index (χ0n) is 13.7. The summed E-state index contributed by atoms with van der Waals surface area (Å²) in [6, 6.07) is 8.42. The summed E-state index contributed by atoms with van der Waals surface area (Å²) in [5.74, 6) is 1.94. The van der Waals surface area contributed by atoms with E-state index in [1.54, 1.807) is 0 Å². The minimum atomic E-state index is 0.251. The number of carbonyl (C=O) groups excluding carboxylic acids is 1. The van der Waals surface area contributed by atoms with Crippen LogP contribution < -0.4 is 0 Å². The maximum absolute atomic E-state index is 11.7. The molecule has 0 saturated heterocycles. The van der Waals surface area contributed by atoms with Gasteiger partial charge in [0.2, 0.25) is 0 Å². The van der Waals surface area contributed by atoms with E-state index < -0.39 is 0 Å². The molecule has 0 N–H and O–H groups in total. The molecule has 0 radical (unpaired) electrons. The Morgan fingerprint density at radius 3 is 2.24 bits per heavy atom. The van der Waals surface area contributed by atoms with Gasteiger partial charge in [0.25, 0.3) is 0 Å². The number of benzene rings is 1. The molecule has 1 saturated carbocycles. The van der Waals surface area contributed by atoms with Gasteiger partial charge in [0.15, 0.2) is 5.78 Å². The van der Waals surface area contributed by atoms with Gasteiger partial charge in [0.1, 0.15) is 0 Å². The SMILES string of the molecule is CCCCCC1CCC(c2ccc(C(=O)CC)cc2)CC1. The Morgan fingerprint density at radius 2 is 1.67 bits per heavy atom. The fraction of sp³-hybridized carbons (Fsp3) is 0.650. The molecule has 21 heavy (non-hydrogen) atoms. The number of Topliss-reactive ketones (excluding diaryl/α,β-unsaturated/α-hetero) is 1. The number of carbonyl (C=O) groups is 1. The molecule has 1 aromatic rings. The minimum absolute atomic E-state index is 0.251. The van der Waals surface area contributed by atoms with E-state index in [1.807, 2.05) is 19.1 Å². The standard InChI is InChI=1S/C20H30O/c1-3-5-6-7-16-8-10-17(11-9-16)18-12-14-19(15-13-18)20(21)4-2/h12-17H,3-11H2,1-2H3.